The van der Waals surface area contributed by atoms with Crippen LogP contribution in [0.1, 0.15) is 13.8 Å². The Bertz CT molecular complexity index is 330. The zero-order valence-corrected chi connectivity index (χ0v) is 9.32. The molecule has 0 aromatic heterocycles. The number of hydrogen-bond donors (Lipinski definition) is 2. The van der Waals surface area contributed by atoms with Gasteiger partial charge in [0.05, 0.1) is 6.10 Å². The lowest BCUT2D eigenvalue weighted by Crippen LogP contribution is -2.21. The lowest BCUT2D eigenvalue weighted by atomic mass is 10.3. The molecule has 0 aliphatic rings. The van der Waals surface area contributed by atoms with Gasteiger partial charge < -0.3 is 15.8 Å². The van der Waals surface area contributed by atoms with E-state index in [0.29, 0.717) is 5.96 Å². The minimum atomic E-state index is 0.186. The SMILES string of the molecule is CN=C(N)Nc1ccc(OC(C)C)cc1. The molecule has 0 fully saturated rings. The number of hydrogen-bond acceptors (Lipinski definition) is 2. The first-order valence-electron chi connectivity index (χ1n) is 4.88. The van der Waals surface area contributed by atoms with Gasteiger partial charge in [0.1, 0.15) is 5.75 Å². The van der Waals surface area contributed by atoms with Crippen molar-refractivity contribution in [2.75, 3.05) is 12.4 Å². The number of ether oxygens (including phenoxy) is 1. The molecule has 0 spiro atoms. The predicted octanol–water partition coefficient (Wildman–Crippen LogP) is 1.83. The first-order chi connectivity index (χ1) is 7.11. The molecule has 0 saturated carbocycles. The molecule has 0 unspecified atom stereocenters. The number of nitrogens with two attached hydrogens (primary N) is 1. The van der Waals surface area contributed by atoms with Crippen LogP contribution in [0.25, 0.3) is 0 Å². The standard InChI is InChI=1S/C11H17N3O/c1-8(2)15-10-6-4-9(5-7-10)14-11(12)13-3/h4-8H,1-3H3,(H3,12,13,14). The molecule has 4 nitrogen and oxygen atoms in total. The van der Waals surface area contributed by atoms with Crippen molar-refractivity contribution in [2.45, 2.75) is 20.0 Å². The summed E-state index contributed by atoms with van der Waals surface area (Å²) in [5.74, 6) is 1.25. The van der Waals surface area contributed by atoms with Gasteiger partial charge in [-0.15, -0.1) is 0 Å². The van der Waals surface area contributed by atoms with Crippen molar-refractivity contribution in [1.29, 1.82) is 0 Å². The zero-order chi connectivity index (χ0) is 11.3. The van der Waals surface area contributed by atoms with E-state index in [1.165, 1.54) is 0 Å². The minimum Gasteiger partial charge on any atom is -0.491 e. The molecule has 0 bridgehead atoms. The third-order valence-electron chi connectivity index (χ3n) is 1.74. The number of anilines is 1. The van der Waals surface area contributed by atoms with Gasteiger partial charge in [-0.2, -0.15) is 0 Å². The number of guanidine groups is 1. The molecule has 0 aliphatic heterocycles. The van der Waals surface area contributed by atoms with Gasteiger partial charge >= 0.3 is 0 Å². The van der Waals surface area contributed by atoms with E-state index < -0.39 is 0 Å². The molecule has 1 aromatic carbocycles. The maximum Gasteiger partial charge on any atom is 0.192 e. The summed E-state index contributed by atoms with van der Waals surface area (Å²) >= 11 is 0. The Balaban J connectivity index is 2.64. The Hall–Kier alpha value is -1.71. The fraction of sp³-hybridized carbons (Fsp3) is 0.364. The van der Waals surface area contributed by atoms with Gasteiger partial charge in [0.25, 0.3) is 0 Å². The van der Waals surface area contributed by atoms with E-state index in [2.05, 4.69) is 10.3 Å². The monoisotopic (exact) mass is 207 g/mol. The quantitative estimate of drug-likeness (QED) is 0.587. The molecule has 15 heavy (non-hydrogen) atoms. The van der Waals surface area contributed by atoms with E-state index in [9.17, 15) is 0 Å². The van der Waals surface area contributed by atoms with Crippen molar-refractivity contribution in [1.82, 2.24) is 0 Å². The number of aliphatic imine (C=N–C) groups is 1. The van der Waals surface area contributed by atoms with E-state index in [0.717, 1.165) is 11.4 Å². The average molecular weight is 207 g/mol. The van der Waals surface area contributed by atoms with Gasteiger partial charge in [-0.05, 0) is 38.1 Å². The minimum absolute atomic E-state index is 0.186. The summed E-state index contributed by atoms with van der Waals surface area (Å²) in [7, 11) is 1.64. The summed E-state index contributed by atoms with van der Waals surface area (Å²) in [4.78, 5) is 3.81. The van der Waals surface area contributed by atoms with Gasteiger partial charge in [0, 0.05) is 12.7 Å². The summed E-state index contributed by atoms with van der Waals surface area (Å²) < 4.78 is 5.51. The number of rotatable bonds is 3. The van der Waals surface area contributed by atoms with Gasteiger partial charge in [0.15, 0.2) is 5.96 Å². The van der Waals surface area contributed by atoms with E-state index in [1.807, 2.05) is 38.1 Å². The van der Waals surface area contributed by atoms with Crippen molar-refractivity contribution in [3.8, 4) is 5.75 Å². The summed E-state index contributed by atoms with van der Waals surface area (Å²) in [5, 5.41) is 2.94. The Labute approximate surface area is 90.2 Å². The van der Waals surface area contributed by atoms with Crippen molar-refractivity contribution in [3.63, 3.8) is 0 Å². The van der Waals surface area contributed by atoms with Crippen LogP contribution in [0.15, 0.2) is 29.3 Å². The Kier molecular flexibility index (Phi) is 3.97. The molecule has 1 rings (SSSR count). The van der Waals surface area contributed by atoms with Crippen LogP contribution in [-0.2, 0) is 0 Å². The second-order valence-corrected chi connectivity index (χ2v) is 3.42. The van der Waals surface area contributed by atoms with Crippen LogP contribution in [0.5, 0.6) is 5.75 Å². The van der Waals surface area contributed by atoms with Crippen molar-refractivity contribution >= 4 is 11.6 Å². The van der Waals surface area contributed by atoms with Crippen LogP contribution in [0.2, 0.25) is 0 Å². The zero-order valence-electron chi connectivity index (χ0n) is 9.32. The van der Waals surface area contributed by atoms with E-state index >= 15 is 0 Å². The average Bonchev–Trinajstić information content (AvgIpc) is 2.20. The Morgan fingerprint density at radius 1 is 1.33 bits per heavy atom. The van der Waals surface area contributed by atoms with Gasteiger partial charge in [-0.3, -0.25) is 4.99 Å². The van der Waals surface area contributed by atoms with Gasteiger partial charge in [-0.1, -0.05) is 0 Å². The van der Waals surface area contributed by atoms with Crippen LogP contribution in [0.4, 0.5) is 5.69 Å². The van der Waals surface area contributed by atoms with Gasteiger partial charge in [0.2, 0.25) is 0 Å². The molecular formula is C11H17N3O. The number of nitrogens with zero attached hydrogens (tertiary/aromatic N) is 1. The Morgan fingerprint density at radius 3 is 2.40 bits per heavy atom. The van der Waals surface area contributed by atoms with Crippen molar-refractivity contribution in [3.05, 3.63) is 24.3 Å². The molecule has 82 valence electrons. The van der Waals surface area contributed by atoms with Gasteiger partial charge in [-0.25, -0.2) is 0 Å². The third kappa shape index (κ3) is 3.89. The predicted molar refractivity (Wildman–Crippen MR) is 63.4 cm³/mol. The molecular weight excluding hydrogens is 190 g/mol. The first-order valence-corrected chi connectivity index (χ1v) is 4.88. The lowest BCUT2D eigenvalue weighted by molar-refractivity contribution is 0.242. The fourth-order valence-corrected chi connectivity index (χ4v) is 1.09. The fourth-order valence-electron chi connectivity index (χ4n) is 1.09. The topological polar surface area (TPSA) is 59.6 Å². The molecule has 0 atom stereocenters. The molecule has 0 saturated heterocycles. The highest BCUT2D eigenvalue weighted by Gasteiger charge is 1.98. The normalized spacial score (nSPS) is 11.6. The van der Waals surface area contributed by atoms with E-state index in [4.69, 9.17) is 10.5 Å². The van der Waals surface area contributed by atoms with E-state index in [-0.39, 0.29) is 6.10 Å². The number of nitrogens with one attached hydrogen (secondary N) is 1. The molecule has 0 aliphatic carbocycles. The first kappa shape index (κ1) is 11.4. The summed E-state index contributed by atoms with van der Waals surface area (Å²) in [6, 6.07) is 7.59. The third-order valence-corrected chi connectivity index (χ3v) is 1.74. The molecule has 0 radical (unpaired) electrons. The lowest BCUT2D eigenvalue weighted by Gasteiger charge is -2.10. The maximum absolute atomic E-state index is 5.53. The molecule has 4 heteroatoms. The summed E-state index contributed by atoms with van der Waals surface area (Å²) in [6.45, 7) is 3.99. The second kappa shape index (κ2) is 5.24. The second-order valence-electron chi connectivity index (χ2n) is 3.42. The molecule has 0 amide bonds. The molecule has 1 aromatic rings. The van der Waals surface area contributed by atoms with Crippen LogP contribution >= 0.6 is 0 Å². The van der Waals surface area contributed by atoms with E-state index in [1.54, 1.807) is 7.05 Å². The van der Waals surface area contributed by atoms with Crippen LogP contribution < -0.4 is 15.8 Å². The smallest absolute Gasteiger partial charge is 0.192 e. The Morgan fingerprint density at radius 2 is 1.93 bits per heavy atom. The largest absolute Gasteiger partial charge is 0.491 e. The number of benzene rings is 1. The highest BCUT2D eigenvalue weighted by atomic mass is 16.5. The van der Waals surface area contributed by atoms with Crippen molar-refractivity contribution in [2.24, 2.45) is 10.7 Å². The molecule has 3 N–H and O–H groups in total. The summed E-state index contributed by atoms with van der Waals surface area (Å²) in [6.07, 6.45) is 0.186. The summed E-state index contributed by atoms with van der Waals surface area (Å²) in [5.41, 5.74) is 6.43. The molecule has 0 heterocycles. The highest BCUT2D eigenvalue weighted by molar-refractivity contribution is 5.92. The van der Waals surface area contributed by atoms with Crippen LogP contribution in [0, 0.1) is 0 Å². The highest BCUT2D eigenvalue weighted by Crippen LogP contribution is 2.16. The van der Waals surface area contributed by atoms with Crippen molar-refractivity contribution < 1.29 is 4.74 Å². The van der Waals surface area contributed by atoms with Crippen LogP contribution in [0.3, 0.4) is 0 Å². The van der Waals surface area contributed by atoms with Crippen LogP contribution in [-0.4, -0.2) is 19.1 Å². The maximum atomic E-state index is 5.53.